The Hall–Kier alpha value is -2.69. The smallest absolute Gasteiger partial charge is 0.300 e. The quantitative estimate of drug-likeness (QED) is 0.723. The van der Waals surface area contributed by atoms with Crippen LogP contribution in [-0.4, -0.2) is 16.1 Å². The maximum absolute atomic E-state index is 12.8. The molecular formula is C16H16FNO3. The molecule has 1 heterocycles. The molecule has 2 aromatic carbocycles. The Morgan fingerprint density at radius 2 is 1.71 bits per heavy atom. The average Bonchev–Trinajstić information content (AvgIpc) is 2.82. The lowest BCUT2D eigenvalue weighted by atomic mass is 10.2. The molecule has 0 atom stereocenters. The summed E-state index contributed by atoms with van der Waals surface area (Å²) >= 11 is 0. The van der Waals surface area contributed by atoms with Crippen LogP contribution >= 0.6 is 0 Å². The van der Waals surface area contributed by atoms with Crippen molar-refractivity contribution >= 4 is 17.1 Å². The number of aromatic nitrogens is 1. The van der Waals surface area contributed by atoms with Crippen molar-refractivity contribution in [1.82, 2.24) is 4.98 Å². The van der Waals surface area contributed by atoms with Gasteiger partial charge in [-0.15, -0.1) is 0 Å². The van der Waals surface area contributed by atoms with Crippen molar-refractivity contribution in [3.63, 3.8) is 0 Å². The number of nitrogens with zero attached hydrogens (tertiary/aromatic N) is 1. The van der Waals surface area contributed by atoms with Gasteiger partial charge >= 0.3 is 0 Å². The molecule has 21 heavy (non-hydrogen) atoms. The summed E-state index contributed by atoms with van der Waals surface area (Å²) in [6.45, 7) is 1.08. The minimum absolute atomic E-state index is 0. The highest BCUT2D eigenvalue weighted by atomic mass is 19.1. The van der Waals surface area contributed by atoms with Gasteiger partial charge in [0.05, 0.1) is 0 Å². The zero-order valence-electron chi connectivity index (χ0n) is 10.7. The van der Waals surface area contributed by atoms with Gasteiger partial charge in [-0.3, -0.25) is 4.79 Å². The minimum Gasteiger partial charge on any atom is -0.481 e. The first-order chi connectivity index (χ1) is 9.56. The number of rotatable bonds is 1. The van der Waals surface area contributed by atoms with Crippen LogP contribution in [0.15, 0.2) is 52.9 Å². The fourth-order valence-corrected chi connectivity index (χ4v) is 1.59. The molecule has 4 nitrogen and oxygen atoms in total. The van der Waals surface area contributed by atoms with Gasteiger partial charge in [-0.25, -0.2) is 9.37 Å². The highest BCUT2D eigenvalue weighted by Gasteiger charge is 2.06. The van der Waals surface area contributed by atoms with Crippen LogP contribution in [0.5, 0.6) is 0 Å². The molecule has 0 amide bonds. The highest BCUT2D eigenvalue weighted by molar-refractivity contribution is 5.75. The summed E-state index contributed by atoms with van der Waals surface area (Å²) in [6.07, 6.45) is 0. The zero-order chi connectivity index (χ0) is 14.5. The van der Waals surface area contributed by atoms with Gasteiger partial charge in [0, 0.05) is 12.5 Å². The highest BCUT2D eigenvalue weighted by Crippen LogP contribution is 2.23. The molecule has 3 rings (SSSR count). The fraction of sp³-hybridized carbons (Fsp3) is 0.125. The Kier molecular flexibility index (Phi) is 5.60. The van der Waals surface area contributed by atoms with Crippen LogP contribution in [0.3, 0.4) is 0 Å². The van der Waals surface area contributed by atoms with Gasteiger partial charge in [0.25, 0.3) is 5.97 Å². The van der Waals surface area contributed by atoms with E-state index in [9.17, 15) is 4.39 Å². The van der Waals surface area contributed by atoms with Gasteiger partial charge < -0.3 is 9.52 Å². The molecule has 0 radical (unpaired) electrons. The summed E-state index contributed by atoms with van der Waals surface area (Å²) in [5, 5.41) is 7.42. The molecule has 1 aromatic heterocycles. The second kappa shape index (κ2) is 7.19. The average molecular weight is 289 g/mol. The first-order valence-electron chi connectivity index (χ1n) is 5.87. The largest absolute Gasteiger partial charge is 0.481 e. The lowest BCUT2D eigenvalue weighted by Crippen LogP contribution is -1.78. The van der Waals surface area contributed by atoms with E-state index in [2.05, 4.69) is 4.98 Å². The summed E-state index contributed by atoms with van der Waals surface area (Å²) in [7, 11) is 0. The second-order valence-corrected chi connectivity index (χ2v) is 4.01. The van der Waals surface area contributed by atoms with E-state index < -0.39 is 5.97 Å². The third kappa shape index (κ3) is 4.42. The predicted octanol–water partition coefficient (Wildman–Crippen LogP) is 4.36. The number of oxazole rings is 1. The zero-order valence-corrected chi connectivity index (χ0v) is 10.7. The van der Waals surface area contributed by atoms with E-state index in [0.717, 1.165) is 23.6 Å². The van der Waals surface area contributed by atoms with E-state index in [0.29, 0.717) is 5.89 Å². The molecule has 0 saturated heterocycles. The van der Waals surface area contributed by atoms with Crippen LogP contribution in [0.1, 0.15) is 14.4 Å². The van der Waals surface area contributed by atoms with Gasteiger partial charge in [0.2, 0.25) is 5.89 Å². The van der Waals surface area contributed by atoms with Crippen molar-refractivity contribution in [3.8, 4) is 11.5 Å². The molecule has 0 bridgehead atoms. The molecule has 0 unspecified atom stereocenters. The third-order valence-corrected chi connectivity index (χ3v) is 2.39. The number of aliphatic carboxylic acids is 1. The van der Waals surface area contributed by atoms with Crippen LogP contribution in [0, 0.1) is 5.82 Å². The Labute approximate surface area is 121 Å². The molecule has 0 aliphatic carbocycles. The summed E-state index contributed by atoms with van der Waals surface area (Å²) < 4.78 is 18.3. The Bertz CT molecular complexity index is 683. The monoisotopic (exact) mass is 289 g/mol. The van der Waals surface area contributed by atoms with Crippen molar-refractivity contribution in [2.75, 3.05) is 0 Å². The number of carboxylic acids is 1. The van der Waals surface area contributed by atoms with Crippen LogP contribution in [0.25, 0.3) is 22.6 Å². The van der Waals surface area contributed by atoms with Crippen molar-refractivity contribution in [2.45, 2.75) is 14.4 Å². The number of carboxylic acid groups (broad SMARTS) is 1. The SMILES string of the molecule is C.CC(=O)O.Fc1ccc(-c2nc3ccccc3o2)cc1. The van der Waals surface area contributed by atoms with Crippen molar-refractivity contribution in [2.24, 2.45) is 0 Å². The summed E-state index contributed by atoms with van der Waals surface area (Å²) in [4.78, 5) is 13.3. The third-order valence-electron chi connectivity index (χ3n) is 2.39. The van der Waals surface area contributed by atoms with E-state index in [1.807, 2.05) is 24.3 Å². The maximum Gasteiger partial charge on any atom is 0.300 e. The molecule has 1 N–H and O–H groups in total. The lowest BCUT2D eigenvalue weighted by Gasteiger charge is -1.93. The summed E-state index contributed by atoms with van der Waals surface area (Å²) in [6, 6.07) is 13.6. The van der Waals surface area contributed by atoms with Gasteiger partial charge in [0.15, 0.2) is 5.58 Å². The number of benzene rings is 2. The topological polar surface area (TPSA) is 63.3 Å². The fourth-order valence-electron chi connectivity index (χ4n) is 1.59. The molecule has 0 saturated carbocycles. The van der Waals surface area contributed by atoms with Crippen LogP contribution in [-0.2, 0) is 4.79 Å². The molecule has 0 aliphatic heterocycles. The molecule has 0 aliphatic rings. The number of halogens is 1. The molecule has 5 heteroatoms. The van der Waals surface area contributed by atoms with Gasteiger partial charge in [0.1, 0.15) is 11.3 Å². The Morgan fingerprint density at radius 1 is 1.14 bits per heavy atom. The number of hydrogen-bond acceptors (Lipinski definition) is 3. The molecule has 0 spiro atoms. The van der Waals surface area contributed by atoms with Gasteiger partial charge in [-0.2, -0.15) is 0 Å². The number of hydrogen-bond donors (Lipinski definition) is 1. The number of fused-ring (bicyclic) bond motifs is 1. The predicted molar refractivity (Wildman–Crippen MR) is 79.4 cm³/mol. The maximum atomic E-state index is 12.8. The first-order valence-corrected chi connectivity index (χ1v) is 5.87. The molecule has 0 fully saturated rings. The number of carbonyl (C=O) groups is 1. The lowest BCUT2D eigenvalue weighted by molar-refractivity contribution is -0.134. The first kappa shape index (κ1) is 16.4. The van der Waals surface area contributed by atoms with Gasteiger partial charge in [-0.1, -0.05) is 19.6 Å². The Morgan fingerprint density at radius 3 is 2.29 bits per heavy atom. The van der Waals surface area contributed by atoms with E-state index in [1.54, 1.807) is 12.1 Å². The number of para-hydroxylation sites is 2. The van der Waals surface area contributed by atoms with Crippen LogP contribution in [0.4, 0.5) is 4.39 Å². The van der Waals surface area contributed by atoms with Crippen molar-refractivity contribution in [1.29, 1.82) is 0 Å². The van der Waals surface area contributed by atoms with Gasteiger partial charge in [-0.05, 0) is 36.4 Å². The molecule has 110 valence electrons. The second-order valence-electron chi connectivity index (χ2n) is 4.01. The van der Waals surface area contributed by atoms with Crippen LogP contribution < -0.4 is 0 Å². The van der Waals surface area contributed by atoms with Crippen LogP contribution in [0.2, 0.25) is 0 Å². The standard InChI is InChI=1S/C13H8FNO.C2H4O2.CH4/c14-10-7-5-9(6-8-10)13-15-11-3-1-2-4-12(11)16-13;1-2(3)4;/h1-8H;1H3,(H,3,4);1H4. The summed E-state index contributed by atoms with van der Waals surface area (Å²) in [5.74, 6) is -0.582. The van der Waals surface area contributed by atoms with E-state index in [1.165, 1.54) is 12.1 Å². The van der Waals surface area contributed by atoms with E-state index in [-0.39, 0.29) is 13.2 Å². The normalized spacial score (nSPS) is 9.43. The van der Waals surface area contributed by atoms with Crippen molar-refractivity contribution in [3.05, 3.63) is 54.3 Å². The molecular weight excluding hydrogens is 273 g/mol. The summed E-state index contributed by atoms with van der Waals surface area (Å²) in [5.41, 5.74) is 2.32. The minimum atomic E-state index is -0.833. The van der Waals surface area contributed by atoms with E-state index >= 15 is 0 Å². The Balaban J connectivity index is 0.000000397. The van der Waals surface area contributed by atoms with E-state index in [4.69, 9.17) is 14.3 Å². The van der Waals surface area contributed by atoms with Crippen molar-refractivity contribution < 1.29 is 18.7 Å². The molecule has 3 aromatic rings.